The summed E-state index contributed by atoms with van der Waals surface area (Å²) in [6.45, 7) is 6.58. The van der Waals surface area contributed by atoms with E-state index in [-0.39, 0.29) is 6.61 Å². The standard InChI is InChI=1S/C8H16O/c1-7(2)6-8(3)4-5-9/h4,7,9H,5-6H2,1-3H3. The van der Waals surface area contributed by atoms with E-state index in [9.17, 15) is 0 Å². The van der Waals surface area contributed by atoms with E-state index in [4.69, 9.17) is 5.11 Å². The van der Waals surface area contributed by atoms with Crippen molar-refractivity contribution in [2.24, 2.45) is 5.92 Å². The maximum absolute atomic E-state index is 8.47. The van der Waals surface area contributed by atoms with Crippen molar-refractivity contribution in [3.8, 4) is 0 Å². The van der Waals surface area contributed by atoms with Crippen LogP contribution in [0.2, 0.25) is 0 Å². The highest BCUT2D eigenvalue weighted by molar-refractivity contribution is 4.97. The summed E-state index contributed by atoms with van der Waals surface area (Å²) in [6.07, 6.45) is 2.96. The lowest BCUT2D eigenvalue weighted by Crippen LogP contribution is -1.88. The van der Waals surface area contributed by atoms with Gasteiger partial charge in [0.05, 0.1) is 6.61 Å². The third-order valence-electron chi connectivity index (χ3n) is 1.17. The van der Waals surface area contributed by atoms with Gasteiger partial charge in [0.15, 0.2) is 0 Å². The van der Waals surface area contributed by atoms with E-state index >= 15 is 0 Å². The van der Waals surface area contributed by atoms with Crippen LogP contribution >= 0.6 is 0 Å². The molecule has 0 fully saturated rings. The molecule has 0 radical (unpaired) electrons. The van der Waals surface area contributed by atoms with Gasteiger partial charge in [-0.1, -0.05) is 25.5 Å². The van der Waals surface area contributed by atoms with Gasteiger partial charge in [0, 0.05) is 0 Å². The van der Waals surface area contributed by atoms with Gasteiger partial charge in [0.2, 0.25) is 0 Å². The molecule has 0 bridgehead atoms. The number of hydrogen-bond donors (Lipinski definition) is 1. The SMILES string of the molecule is CC(=CCO)CC(C)C. The second-order valence-corrected chi connectivity index (χ2v) is 2.83. The van der Waals surface area contributed by atoms with Crippen molar-refractivity contribution < 1.29 is 5.11 Å². The minimum absolute atomic E-state index is 0.179. The largest absolute Gasteiger partial charge is 0.392 e. The third-order valence-corrected chi connectivity index (χ3v) is 1.17. The van der Waals surface area contributed by atoms with Gasteiger partial charge >= 0.3 is 0 Å². The molecule has 54 valence electrons. The second-order valence-electron chi connectivity index (χ2n) is 2.83. The Morgan fingerprint density at radius 1 is 1.56 bits per heavy atom. The van der Waals surface area contributed by atoms with E-state index < -0.39 is 0 Å². The molecule has 0 rings (SSSR count). The Balaban J connectivity index is 3.49. The van der Waals surface area contributed by atoms with Gasteiger partial charge in [-0.15, -0.1) is 0 Å². The lowest BCUT2D eigenvalue weighted by atomic mass is 10.0. The highest BCUT2D eigenvalue weighted by atomic mass is 16.2. The first kappa shape index (κ1) is 8.70. The van der Waals surface area contributed by atoms with Gasteiger partial charge < -0.3 is 5.11 Å². The molecule has 0 atom stereocenters. The molecule has 0 aliphatic rings. The molecule has 0 aliphatic carbocycles. The normalized spacial score (nSPS) is 12.8. The molecule has 0 aliphatic heterocycles. The Morgan fingerprint density at radius 3 is 2.44 bits per heavy atom. The first-order valence-corrected chi connectivity index (χ1v) is 3.43. The average molecular weight is 128 g/mol. The topological polar surface area (TPSA) is 20.2 Å². The zero-order chi connectivity index (χ0) is 7.28. The number of hydrogen-bond acceptors (Lipinski definition) is 1. The zero-order valence-electron chi connectivity index (χ0n) is 6.52. The molecule has 0 spiro atoms. The summed E-state index contributed by atoms with van der Waals surface area (Å²) in [6, 6.07) is 0. The van der Waals surface area contributed by atoms with Crippen molar-refractivity contribution in [3.63, 3.8) is 0 Å². The quantitative estimate of drug-likeness (QED) is 0.576. The van der Waals surface area contributed by atoms with Gasteiger partial charge in [-0.25, -0.2) is 0 Å². The molecule has 0 aromatic heterocycles. The number of aliphatic hydroxyl groups is 1. The van der Waals surface area contributed by atoms with Gasteiger partial charge in [-0.05, 0) is 19.3 Å². The first-order valence-electron chi connectivity index (χ1n) is 3.43. The van der Waals surface area contributed by atoms with Crippen LogP contribution < -0.4 is 0 Å². The van der Waals surface area contributed by atoms with Crippen LogP contribution in [0.1, 0.15) is 27.2 Å². The highest BCUT2D eigenvalue weighted by Crippen LogP contribution is 2.08. The molecule has 0 aromatic carbocycles. The molecule has 1 heteroatoms. The predicted octanol–water partition coefficient (Wildman–Crippen LogP) is 1.97. The van der Waals surface area contributed by atoms with Crippen molar-refractivity contribution in [3.05, 3.63) is 11.6 Å². The molecule has 1 N–H and O–H groups in total. The lowest BCUT2D eigenvalue weighted by molar-refractivity contribution is 0.341. The molecule has 1 nitrogen and oxygen atoms in total. The number of allylic oxidation sites excluding steroid dienone is 1. The van der Waals surface area contributed by atoms with Crippen LogP contribution in [0, 0.1) is 5.92 Å². The number of aliphatic hydroxyl groups excluding tert-OH is 1. The predicted molar refractivity (Wildman–Crippen MR) is 40.3 cm³/mol. The molecule has 0 amide bonds. The van der Waals surface area contributed by atoms with E-state index in [0.29, 0.717) is 5.92 Å². The summed E-state index contributed by atoms with van der Waals surface area (Å²) in [7, 11) is 0. The smallest absolute Gasteiger partial charge is 0.0614 e. The fourth-order valence-corrected chi connectivity index (χ4v) is 0.883. The van der Waals surface area contributed by atoms with Gasteiger partial charge in [-0.3, -0.25) is 0 Å². The summed E-state index contributed by atoms with van der Waals surface area (Å²) in [5.41, 5.74) is 1.28. The monoisotopic (exact) mass is 128 g/mol. The van der Waals surface area contributed by atoms with Gasteiger partial charge in [-0.2, -0.15) is 0 Å². The van der Waals surface area contributed by atoms with Crippen LogP contribution in [-0.4, -0.2) is 11.7 Å². The second kappa shape index (κ2) is 4.57. The molecule has 0 heterocycles. The third kappa shape index (κ3) is 5.57. The van der Waals surface area contributed by atoms with Crippen LogP contribution in [0.5, 0.6) is 0 Å². The Hall–Kier alpha value is -0.300. The van der Waals surface area contributed by atoms with Crippen molar-refractivity contribution in [1.29, 1.82) is 0 Å². The lowest BCUT2D eigenvalue weighted by Gasteiger charge is -2.02. The van der Waals surface area contributed by atoms with Crippen LogP contribution in [-0.2, 0) is 0 Å². The van der Waals surface area contributed by atoms with Crippen LogP contribution in [0.3, 0.4) is 0 Å². The summed E-state index contributed by atoms with van der Waals surface area (Å²) in [4.78, 5) is 0. The van der Waals surface area contributed by atoms with E-state index in [2.05, 4.69) is 20.8 Å². The molecular formula is C8H16O. The van der Waals surface area contributed by atoms with Crippen LogP contribution in [0.15, 0.2) is 11.6 Å². The molecule has 0 saturated heterocycles. The Morgan fingerprint density at radius 2 is 2.11 bits per heavy atom. The summed E-state index contributed by atoms with van der Waals surface area (Å²) in [5, 5.41) is 8.47. The maximum Gasteiger partial charge on any atom is 0.0614 e. The molecule has 0 aromatic rings. The fourth-order valence-electron chi connectivity index (χ4n) is 0.883. The van der Waals surface area contributed by atoms with E-state index in [1.165, 1.54) is 5.57 Å². The fraction of sp³-hybridized carbons (Fsp3) is 0.750. The van der Waals surface area contributed by atoms with Crippen molar-refractivity contribution in [2.45, 2.75) is 27.2 Å². The van der Waals surface area contributed by atoms with E-state index in [1.54, 1.807) is 0 Å². The van der Waals surface area contributed by atoms with E-state index in [1.807, 2.05) is 6.08 Å². The average Bonchev–Trinajstić information content (AvgIpc) is 1.63. The van der Waals surface area contributed by atoms with Crippen molar-refractivity contribution >= 4 is 0 Å². The van der Waals surface area contributed by atoms with Gasteiger partial charge in [0.1, 0.15) is 0 Å². The van der Waals surface area contributed by atoms with Crippen molar-refractivity contribution in [2.75, 3.05) is 6.61 Å². The minimum Gasteiger partial charge on any atom is -0.392 e. The van der Waals surface area contributed by atoms with Crippen LogP contribution in [0.4, 0.5) is 0 Å². The maximum atomic E-state index is 8.47. The summed E-state index contributed by atoms with van der Waals surface area (Å²) < 4.78 is 0. The summed E-state index contributed by atoms with van der Waals surface area (Å²) in [5.74, 6) is 0.702. The van der Waals surface area contributed by atoms with Gasteiger partial charge in [0.25, 0.3) is 0 Å². The first-order chi connectivity index (χ1) is 4.16. The molecular weight excluding hydrogens is 112 g/mol. The Kier molecular flexibility index (Phi) is 4.41. The Bertz CT molecular complexity index is 92.7. The van der Waals surface area contributed by atoms with E-state index in [0.717, 1.165) is 6.42 Å². The van der Waals surface area contributed by atoms with Crippen LogP contribution in [0.25, 0.3) is 0 Å². The molecule has 9 heavy (non-hydrogen) atoms. The van der Waals surface area contributed by atoms with Crippen molar-refractivity contribution in [1.82, 2.24) is 0 Å². The Labute approximate surface area is 57.4 Å². The molecule has 0 saturated carbocycles. The minimum atomic E-state index is 0.179. The number of rotatable bonds is 3. The summed E-state index contributed by atoms with van der Waals surface area (Å²) >= 11 is 0. The zero-order valence-corrected chi connectivity index (χ0v) is 6.52. The molecule has 0 unspecified atom stereocenters. The highest BCUT2D eigenvalue weighted by Gasteiger charge is 1.93.